The van der Waals surface area contributed by atoms with Crippen molar-refractivity contribution >= 4 is 5.97 Å². The molecule has 0 aliphatic carbocycles. The molecular weight excluding hydrogens is 208 g/mol. The van der Waals surface area contributed by atoms with E-state index < -0.39 is 5.97 Å². The molecule has 1 aromatic rings. The number of benzene rings is 1. The first-order chi connectivity index (χ1) is 7.63. The summed E-state index contributed by atoms with van der Waals surface area (Å²) in [6, 6.07) is 5.78. The summed E-state index contributed by atoms with van der Waals surface area (Å²) < 4.78 is 5.39. The summed E-state index contributed by atoms with van der Waals surface area (Å²) >= 11 is 0. The van der Waals surface area contributed by atoms with Gasteiger partial charge >= 0.3 is 5.97 Å². The van der Waals surface area contributed by atoms with E-state index in [0.717, 1.165) is 11.3 Å². The maximum Gasteiger partial charge on any atom is 0.329 e. The van der Waals surface area contributed by atoms with Crippen LogP contribution in [0.25, 0.3) is 0 Å². The Labute approximate surface area is 94.5 Å². The maximum absolute atomic E-state index is 10.9. The van der Waals surface area contributed by atoms with Crippen molar-refractivity contribution in [3.63, 3.8) is 0 Å². The third-order valence-corrected chi connectivity index (χ3v) is 2.23. The van der Waals surface area contributed by atoms with Gasteiger partial charge in [-0.25, -0.2) is 5.84 Å². The first-order valence-corrected chi connectivity index (χ1v) is 4.99. The molecule has 0 spiro atoms. The number of carbonyl (C=O) groups is 1. The lowest BCUT2D eigenvalue weighted by Gasteiger charge is -2.07. The van der Waals surface area contributed by atoms with Crippen molar-refractivity contribution in [2.75, 3.05) is 6.61 Å². The minimum atomic E-state index is -0.452. The Balaban J connectivity index is 2.37. The minimum absolute atomic E-state index is 0.150. The molecule has 0 aliphatic rings. The highest BCUT2D eigenvalue weighted by atomic mass is 16.7. The molecule has 0 radical (unpaired) electrons. The zero-order chi connectivity index (χ0) is 12.0. The van der Waals surface area contributed by atoms with Gasteiger partial charge < -0.3 is 9.57 Å². The zero-order valence-electron chi connectivity index (χ0n) is 9.45. The highest BCUT2D eigenvalue weighted by molar-refractivity contribution is 5.69. The highest BCUT2D eigenvalue weighted by Gasteiger charge is 2.03. The summed E-state index contributed by atoms with van der Waals surface area (Å²) in [7, 11) is 0. The molecule has 0 amide bonds. The number of rotatable bonds is 5. The maximum atomic E-state index is 10.9. The van der Waals surface area contributed by atoms with E-state index in [-0.39, 0.29) is 13.0 Å². The molecule has 1 aromatic carbocycles. The van der Waals surface area contributed by atoms with Gasteiger partial charge in [0.2, 0.25) is 0 Å². The van der Waals surface area contributed by atoms with Crippen molar-refractivity contribution in [2.45, 2.75) is 20.3 Å². The van der Waals surface area contributed by atoms with E-state index in [1.54, 1.807) is 0 Å². The third kappa shape index (κ3) is 3.88. The van der Waals surface area contributed by atoms with Crippen molar-refractivity contribution in [3.8, 4) is 5.75 Å². The molecule has 0 fully saturated rings. The van der Waals surface area contributed by atoms with Crippen LogP contribution in [0, 0.1) is 13.8 Å². The van der Waals surface area contributed by atoms with Gasteiger partial charge in [0.1, 0.15) is 5.75 Å². The molecule has 3 N–H and O–H groups in total. The average Bonchev–Trinajstić information content (AvgIpc) is 2.24. The number of ether oxygens (including phenoxy) is 1. The second kappa shape index (κ2) is 6.09. The topological polar surface area (TPSA) is 73.6 Å². The van der Waals surface area contributed by atoms with Gasteiger partial charge in [-0.05, 0) is 37.1 Å². The second-order valence-corrected chi connectivity index (χ2v) is 3.44. The molecule has 0 aromatic heterocycles. The fraction of sp³-hybridized carbons (Fsp3) is 0.364. The van der Waals surface area contributed by atoms with Gasteiger partial charge in [0.05, 0.1) is 13.0 Å². The predicted molar refractivity (Wildman–Crippen MR) is 59.4 cm³/mol. The largest absolute Gasteiger partial charge is 0.493 e. The molecular formula is C11H16N2O3. The molecule has 1 rings (SSSR count). The smallest absolute Gasteiger partial charge is 0.329 e. The van der Waals surface area contributed by atoms with Crippen LogP contribution in [0.4, 0.5) is 0 Å². The molecule has 0 aliphatic heterocycles. The van der Waals surface area contributed by atoms with E-state index in [0.29, 0.717) is 0 Å². The van der Waals surface area contributed by atoms with Crippen LogP contribution in [-0.4, -0.2) is 12.6 Å². The number of hydrazine groups is 1. The Morgan fingerprint density at radius 2 is 2.12 bits per heavy atom. The highest BCUT2D eigenvalue weighted by Crippen LogP contribution is 2.16. The monoisotopic (exact) mass is 224 g/mol. The summed E-state index contributed by atoms with van der Waals surface area (Å²) in [6.45, 7) is 4.31. The SMILES string of the molecule is Cc1ccc(OCCC(=O)ONN)cc1C. The van der Waals surface area contributed by atoms with Gasteiger partial charge in [-0.2, -0.15) is 0 Å². The molecule has 5 heteroatoms. The van der Waals surface area contributed by atoms with Crippen LogP contribution in [0.3, 0.4) is 0 Å². The summed E-state index contributed by atoms with van der Waals surface area (Å²) in [5.74, 6) is 5.11. The summed E-state index contributed by atoms with van der Waals surface area (Å²) in [5.41, 5.74) is 4.19. The van der Waals surface area contributed by atoms with Crippen molar-refractivity contribution < 1.29 is 14.4 Å². The van der Waals surface area contributed by atoms with Crippen molar-refractivity contribution in [2.24, 2.45) is 5.84 Å². The predicted octanol–water partition coefficient (Wildman–Crippen LogP) is 0.994. The standard InChI is InChI=1S/C11H16N2O3/c1-8-3-4-10(7-9(8)2)15-6-5-11(14)16-13-12/h3-4,7,13H,5-6,12H2,1-2H3. The molecule has 5 nitrogen and oxygen atoms in total. The van der Waals surface area contributed by atoms with Crippen LogP contribution in [0.5, 0.6) is 5.75 Å². The van der Waals surface area contributed by atoms with Crippen LogP contribution >= 0.6 is 0 Å². The lowest BCUT2D eigenvalue weighted by molar-refractivity contribution is -0.151. The second-order valence-electron chi connectivity index (χ2n) is 3.44. The molecule has 0 bridgehead atoms. The summed E-state index contributed by atoms with van der Waals surface area (Å²) in [4.78, 5) is 15.2. The van der Waals surface area contributed by atoms with Gasteiger partial charge in [-0.1, -0.05) is 11.7 Å². The Hall–Kier alpha value is -1.59. The fourth-order valence-electron chi connectivity index (χ4n) is 1.17. The van der Waals surface area contributed by atoms with Gasteiger partial charge in [0.25, 0.3) is 0 Å². The number of carbonyl (C=O) groups excluding carboxylic acids is 1. The summed E-state index contributed by atoms with van der Waals surface area (Å²) in [5, 5.41) is 0. The van der Waals surface area contributed by atoms with Crippen molar-refractivity contribution in [3.05, 3.63) is 29.3 Å². The van der Waals surface area contributed by atoms with Gasteiger partial charge in [-0.3, -0.25) is 4.79 Å². The van der Waals surface area contributed by atoms with Crippen LogP contribution in [-0.2, 0) is 9.63 Å². The number of aryl methyl sites for hydroxylation is 2. The molecule has 16 heavy (non-hydrogen) atoms. The van der Waals surface area contributed by atoms with Gasteiger partial charge in [0.15, 0.2) is 0 Å². The molecule has 0 unspecified atom stereocenters. The van der Waals surface area contributed by atoms with E-state index in [4.69, 9.17) is 10.6 Å². The number of nitrogens with two attached hydrogens (primary N) is 1. The van der Waals surface area contributed by atoms with Gasteiger partial charge in [-0.15, -0.1) is 0 Å². The molecule has 0 saturated carbocycles. The zero-order valence-corrected chi connectivity index (χ0v) is 9.45. The van der Waals surface area contributed by atoms with Crippen molar-refractivity contribution in [1.29, 1.82) is 0 Å². The van der Waals surface area contributed by atoms with E-state index in [9.17, 15) is 4.79 Å². The van der Waals surface area contributed by atoms with Crippen molar-refractivity contribution in [1.82, 2.24) is 5.59 Å². The third-order valence-electron chi connectivity index (χ3n) is 2.23. The van der Waals surface area contributed by atoms with E-state index >= 15 is 0 Å². The lowest BCUT2D eigenvalue weighted by atomic mass is 10.1. The Bertz CT molecular complexity index is 366. The number of nitrogens with one attached hydrogen (secondary N) is 1. The van der Waals surface area contributed by atoms with E-state index in [2.05, 4.69) is 4.84 Å². The first kappa shape index (κ1) is 12.5. The minimum Gasteiger partial charge on any atom is -0.493 e. The molecule has 0 atom stereocenters. The molecule has 0 saturated heterocycles. The number of hydrogen-bond donors (Lipinski definition) is 2. The van der Waals surface area contributed by atoms with E-state index in [1.165, 1.54) is 5.56 Å². The fourth-order valence-corrected chi connectivity index (χ4v) is 1.17. The summed E-state index contributed by atoms with van der Waals surface area (Å²) in [6.07, 6.45) is 0.150. The number of hydrogen-bond acceptors (Lipinski definition) is 5. The van der Waals surface area contributed by atoms with Gasteiger partial charge in [0, 0.05) is 0 Å². The molecule has 0 heterocycles. The Morgan fingerprint density at radius 1 is 1.38 bits per heavy atom. The average molecular weight is 224 g/mol. The van der Waals surface area contributed by atoms with Crippen LogP contribution in [0.2, 0.25) is 0 Å². The van der Waals surface area contributed by atoms with Crippen LogP contribution in [0.1, 0.15) is 17.5 Å². The van der Waals surface area contributed by atoms with E-state index in [1.807, 2.05) is 37.6 Å². The first-order valence-electron chi connectivity index (χ1n) is 4.99. The normalized spacial score (nSPS) is 9.94. The van der Waals surface area contributed by atoms with Crippen LogP contribution < -0.4 is 16.2 Å². The Kier molecular flexibility index (Phi) is 4.75. The van der Waals surface area contributed by atoms with Crippen LogP contribution in [0.15, 0.2) is 18.2 Å². The Morgan fingerprint density at radius 3 is 2.75 bits per heavy atom. The lowest BCUT2D eigenvalue weighted by Crippen LogP contribution is -2.26. The quantitative estimate of drug-likeness (QED) is 0.576. The molecule has 88 valence electrons.